The summed E-state index contributed by atoms with van der Waals surface area (Å²) in [5.41, 5.74) is 7.64. The van der Waals surface area contributed by atoms with Crippen LogP contribution in [0.15, 0.2) is 18.3 Å². The zero-order chi connectivity index (χ0) is 14.4. The first kappa shape index (κ1) is 15.4. The topological polar surface area (TPSA) is 42.2 Å². The zero-order valence-corrected chi connectivity index (χ0v) is 13.2. The van der Waals surface area contributed by atoms with Crippen LogP contribution in [0.2, 0.25) is 0 Å². The third-order valence-electron chi connectivity index (χ3n) is 4.12. The predicted molar refractivity (Wildman–Crippen MR) is 87.7 cm³/mol. The van der Waals surface area contributed by atoms with Gasteiger partial charge in [-0.2, -0.15) is 0 Å². The Bertz CT molecular complexity index is 447. The Kier molecular flexibility index (Phi) is 5.92. The second-order valence-corrected chi connectivity index (χ2v) is 6.22. The lowest BCUT2D eigenvalue weighted by Gasteiger charge is -2.20. The second kappa shape index (κ2) is 7.70. The summed E-state index contributed by atoms with van der Waals surface area (Å²) < 4.78 is 0. The van der Waals surface area contributed by atoms with Crippen LogP contribution in [0.3, 0.4) is 0 Å². The summed E-state index contributed by atoms with van der Waals surface area (Å²) in [6.07, 6.45) is 8.54. The molecule has 1 atom stereocenters. The van der Waals surface area contributed by atoms with Crippen molar-refractivity contribution in [1.29, 1.82) is 0 Å². The van der Waals surface area contributed by atoms with Gasteiger partial charge in [0.2, 0.25) is 0 Å². The van der Waals surface area contributed by atoms with Crippen LogP contribution in [0.4, 0.5) is 0 Å². The lowest BCUT2D eigenvalue weighted by Crippen LogP contribution is -2.24. The number of aromatic nitrogens is 1. The first-order valence-electron chi connectivity index (χ1n) is 7.66. The van der Waals surface area contributed by atoms with E-state index in [0.29, 0.717) is 4.99 Å². The average Bonchev–Trinajstić information content (AvgIpc) is 2.65. The van der Waals surface area contributed by atoms with Crippen molar-refractivity contribution in [3.8, 4) is 0 Å². The van der Waals surface area contributed by atoms with E-state index < -0.39 is 0 Å². The van der Waals surface area contributed by atoms with Crippen molar-refractivity contribution in [3.63, 3.8) is 0 Å². The SMILES string of the molecule is CCCC1CCCN(Cc2ccnc(C(N)=S)c2)CC1. The number of rotatable bonds is 5. The molecule has 20 heavy (non-hydrogen) atoms. The smallest absolute Gasteiger partial charge is 0.122 e. The van der Waals surface area contributed by atoms with E-state index in [1.54, 1.807) is 0 Å². The van der Waals surface area contributed by atoms with Crippen molar-refractivity contribution < 1.29 is 0 Å². The fourth-order valence-electron chi connectivity index (χ4n) is 3.05. The maximum atomic E-state index is 5.65. The van der Waals surface area contributed by atoms with Gasteiger partial charge in [0.1, 0.15) is 4.99 Å². The molecule has 1 aromatic rings. The van der Waals surface area contributed by atoms with Gasteiger partial charge in [0.15, 0.2) is 0 Å². The average molecular weight is 291 g/mol. The summed E-state index contributed by atoms with van der Waals surface area (Å²) in [6, 6.07) is 4.09. The van der Waals surface area contributed by atoms with Gasteiger partial charge in [-0.1, -0.05) is 32.0 Å². The van der Waals surface area contributed by atoms with Gasteiger partial charge < -0.3 is 5.73 Å². The fourth-order valence-corrected chi connectivity index (χ4v) is 3.16. The minimum atomic E-state index is 0.380. The molecule has 1 aliphatic rings. The summed E-state index contributed by atoms with van der Waals surface area (Å²) in [5, 5.41) is 0. The molecule has 1 saturated heterocycles. The lowest BCUT2D eigenvalue weighted by molar-refractivity contribution is 0.271. The summed E-state index contributed by atoms with van der Waals surface area (Å²) in [5.74, 6) is 0.926. The minimum absolute atomic E-state index is 0.380. The number of likely N-dealkylation sites (tertiary alicyclic amines) is 1. The van der Waals surface area contributed by atoms with E-state index in [9.17, 15) is 0 Å². The van der Waals surface area contributed by atoms with E-state index in [1.807, 2.05) is 12.3 Å². The van der Waals surface area contributed by atoms with E-state index in [4.69, 9.17) is 18.0 Å². The molecule has 1 aromatic heterocycles. The highest BCUT2D eigenvalue weighted by molar-refractivity contribution is 7.80. The highest BCUT2D eigenvalue weighted by Crippen LogP contribution is 2.22. The second-order valence-electron chi connectivity index (χ2n) is 5.78. The molecule has 0 radical (unpaired) electrons. The van der Waals surface area contributed by atoms with Crippen LogP contribution < -0.4 is 5.73 Å². The van der Waals surface area contributed by atoms with Crippen molar-refractivity contribution in [2.45, 2.75) is 45.6 Å². The standard InChI is InChI=1S/C16H25N3S/c1-2-4-13-5-3-9-19(10-7-13)12-14-6-8-18-15(11-14)16(17)20/h6,8,11,13H,2-5,7,9-10,12H2,1H3,(H2,17,20). The molecule has 0 spiro atoms. The van der Waals surface area contributed by atoms with Crippen LogP contribution in [-0.4, -0.2) is 28.0 Å². The van der Waals surface area contributed by atoms with Crippen LogP contribution in [0, 0.1) is 5.92 Å². The summed E-state index contributed by atoms with van der Waals surface area (Å²) in [6.45, 7) is 5.67. The van der Waals surface area contributed by atoms with Gasteiger partial charge in [0, 0.05) is 12.7 Å². The molecule has 1 aliphatic heterocycles. The molecule has 110 valence electrons. The van der Waals surface area contributed by atoms with E-state index in [2.05, 4.69) is 22.9 Å². The molecule has 0 amide bonds. The summed E-state index contributed by atoms with van der Waals surface area (Å²) in [7, 11) is 0. The first-order valence-corrected chi connectivity index (χ1v) is 8.07. The molecule has 4 heteroatoms. The normalized spacial score (nSPS) is 20.6. The summed E-state index contributed by atoms with van der Waals surface area (Å²) in [4.78, 5) is 7.13. The predicted octanol–water partition coefficient (Wildman–Crippen LogP) is 3.12. The number of hydrogen-bond acceptors (Lipinski definition) is 3. The highest BCUT2D eigenvalue weighted by atomic mass is 32.1. The largest absolute Gasteiger partial charge is 0.388 e. The van der Waals surface area contributed by atoms with Crippen molar-refractivity contribution >= 4 is 17.2 Å². The van der Waals surface area contributed by atoms with Gasteiger partial charge in [-0.3, -0.25) is 9.88 Å². The quantitative estimate of drug-likeness (QED) is 0.846. The van der Waals surface area contributed by atoms with E-state index in [1.165, 1.54) is 50.8 Å². The number of nitrogens with zero attached hydrogens (tertiary/aromatic N) is 2. The van der Waals surface area contributed by atoms with Gasteiger partial charge in [0.05, 0.1) is 5.69 Å². The van der Waals surface area contributed by atoms with Crippen LogP contribution in [-0.2, 0) is 6.54 Å². The number of nitrogens with two attached hydrogens (primary N) is 1. The fraction of sp³-hybridized carbons (Fsp3) is 0.625. The van der Waals surface area contributed by atoms with Gasteiger partial charge in [-0.25, -0.2) is 0 Å². The Morgan fingerprint density at radius 3 is 3.05 bits per heavy atom. The van der Waals surface area contributed by atoms with E-state index >= 15 is 0 Å². The minimum Gasteiger partial charge on any atom is -0.388 e. The third kappa shape index (κ3) is 4.53. The van der Waals surface area contributed by atoms with Crippen LogP contribution in [0.1, 0.15) is 50.3 Å². The van der Waals surface area contributed by atoms with E-state index in [0.717, 1.165) is 18.2 Å². The van der Waals surface area contributed by atoms with Crippen LogP contribution in [0.25, 0.3) is 0 Å². The van der Waals surface area contributed by atoms with Crippen molar-refractivity contribution in [1.82, 2.24) is 9.88 Å². The number of thiocarbonyl (C=S) groups is 1. The molecule has 0 aliphatic carbocycles. The molecular weight excluding hydrogens is 266 g/mol. The molecule has 2 rings (SSSR count). The van der Waals surface area contributed by atoms with Crippen molar-refractivity contribution in [3.05, 3.63) is 29.6 Å². The first-order chi connectivity index (χ1) is 9.69. The Labute approximate surface area is 127 Å². The Hall–Kier alpha value is -1.00. The number of hydrogen-bond donors (Lipinski definition) is 1. The molecule has 1 fully saturated rings. The van der Waals surface area contributed by atoms with Gasteiger partial charge in [0.25, 0.3) is 0 Å². The highest BCUT2D eigenvalue weighted by Gasteiger charge is 2.16. The van der Waals surface area contributed by atoms with E-state index in [-0.39, 0.29) is 0 Å². The molecular formula is C16H25N3S. The molecule has 1 unspecified atom stereocenters. The zero-order valence-electron chi connectivity index (χ0n) is 12.3. The van der Waals surface area contributed by atoms with Gasteiger partial charge >= 0.3 is 0 Å². The summed E-state index contributed by atoms with van der Waals surface area (Å²) >= 11 is 4.99. The van der Waals surface area contributed by atoms with Gasteiger partial charge in [-0.05, 0) is 56.0 Å². The van der Waals surface area contributed by atoms with Gasteiger partial charge in [-0.15, -0.1) is 0 Å². The molecule has 0 bridgehead atoms. The Morgan fingerprint density at radius 1 is 1.45 bits per heavy atom. The molecule has 0 aromatic carbocycles. The molecule has 0 saturated carbocycles. The number of pyridine rings is 1. The molecule has 2 heterocycles. The Morgan fingerprint density at radius 2 is 2.30 bits per heavy atom. The molecule has 2 N–H and O–H groups in total. The van der Waals surface area contributed by atoms with Crippen LogP contribution >= 0.6 is 12.2 Å². The third-order valence-corrected chi connectivity index (χ3v) is 4.33. The monoisotopic (exact) mass is 291 g/mol. The van der Waals surface area contributed by atoms with Crippen LogP contribution in [0.5, 0.6) is 0 Å². The Balaban J connectivity index is 1.93. The molecule has 3 nitrogen and oxygen atoms in total. The maximum absolute atomic E-state index is 5.65. The maximum Gasteiger partial charge on any atom is 0.122 e. The van der Waals surface area contributed by atoms with Crippen molar-refractivity contribution in [2.24, 2.45) is 11.7 Å². The lowest BCUT2D eigenvalue weighted by atomic mass is 9.96. The van der Waals surface area contributed by atoms with Crippen molar-refractivity contribution in [2.75, 3.05) is 13.1 Å².